The zero-order valence-corrected chi connectivity index (χ0v) is 12.4. The quantitative estimate of drug-likeness (QED) is 0.668. The van der Waals surface area contributed by atoms with Crippen LogP contribution in [0.15, 0.2) is 42.5 Å². The van der Waals surface area contributed by atoms with Crippen molar-refractivity contribution < 1.29 is 19.4 Å². The van der Waals surface area contributed by atoms with E-state index in [9.17, 15) is 4.79 Å². The van der Waals surface area contributed by atoms with Crippen LogP contribution in [0.3, 0.4) is 0 Å². The molecule has 0 radical (unpaired) electrons. The van der Waals surface area contributed by atoms with Crippen molar-refractivity contribution in [3.05, 3.63) is 58.1 Å². The van der Waals surface area contributed by atoms with Crippen molar-refractivity contribution in [3.63, 3.8) is 0 Å². The first-order chi connectivity index (χ1) is 10.1. The molecule has 0 saturated heterocycles. The average Bonchev–Trinajstić information content (AvgIpc) is 2.47. The second kappa shape index (κ2) is 7.20. The van der Waals surface area contributed by atoms with Gasteiger partial charge in [-0.25, -0.2) is 4.79 Å². The fourth-order valence-electron chi connectivity index (χ4n) is 1.55. The summed E-state index contributed by atoms with van der Waals surface area (Å²) in [7, 11) is 0. The maximum absolute atomic E-state index is 11.7. The van der Waals surface area contributed by atoms with Crippen molar-refractivity contribution in [2.24, 2.45) is 0 Å². The highest BCUT2D eigenvalue weighted by atomic mass is 35.5. The van der Waals surface area contributed by atoms with Crippen LogP contribution in [-0.4, -0.2) is 24.3 Å². The first-order valence-corrected chi connectivity index (χ1v) is 6.86. The maximum Gasteiger partial charge on any atom is 0.338 e. The molecule has 0 saturated carbocycles. The Kier molecular flexibility index (Phi) is 5.31. The van der Waals surface area contributed by atoms with Crippen molar-refractivity contribution >= 4 is 29.2 Å². The normalized spacial score (nSPS) is 10.2. The molecule has 1 N–H and O–H groups in total. The Labute approximate surface area is 131 Å². The van der Waals surface area contributed by atoms with E-state index in [0.29, 0.717) is 21.4 Å². The Morgan fingerprint density at radius 1 is 1.05 bits per heavy atom. The Morgan fingerprint density at radius 3 is 2.48 bits per heavy atom. The minimum atomic E-state index is -0.490. The van der Waals surface area contributed by atoms with Gasteiger partial charge in [0, 0.05) is 11.1 Å². The van der Waals surface area contributed by atoms with Crippen LogP contribution in [-0.2, 0) is 4.74 Å². The molecule has 0 amide bonds. The molecule has 0 aliphatic heterocycles. The lowest BCUT2D eigenvalue weighted by Gasteiger charge is -2.09. The first kappa shape index (κ1) is 15.5. The third kappa shape index (κ3) is 4.55. The van der Waals surface area contributed by atoms with Gasteiger partial charge in [0.2, 0.25) is 0 Å². The number of rotatable bonds is 5. The van der Waals surface area contributed by atoms with Crippen LogP contribution in [0.1, 0.15) is 10.4 Å². The second-order valence-corrected chi connectivity index (χ2v) is 4.95. The fourth-order valence-corrected chi connectivity index (χ4v) is 1.89. The van der Waals surface area contributed by atoms with Crippen molar-refractivity contribution in [2.45, 2.75) is 0 Å². The second-order valence-electron chi connectivity index (χ2n) is 4.11. The van der Waals surface area contributed by atoms with Gasteiger partial charge in [0.05, 0.1) is 10.6 Å². The van der Waals surface area contributed by atoms with Crippen LogP contribution in [0, 0.1) is 0 Å². The maximum atomic E-state index is 11.7. The molecular weight excluding hydrogens is 315 g/mol. The van der Waals surface area contributed by atoms with Crippen LogP contribution >= 0.6 is 23.2 Å². The van der Waals surface area contributed by atoms with E-state index < -0.39 is 5.97 Å². The number of carbonyl (C=O) groups is 1. The summed E-state index contributed by atoms with van der Waals surface area (Å²) in [5, 5.41) is 10.1. The predicted molar refractivity (Wildman–Crippen MR) is 80.3 cm³/mol. The number of phenolic OH excluding ortho intramolecular Hbond substituents is 1. The van der Waals surface area contributed by atoms with Gasteiger partial charge in [0.25, 0.3) is 0 Å². The molecule has 0 unspecified atom stereocenters. The standard InChI is InChI=1S/C15H12Cl2O4/c16-11-3-6-13(17)14(9-11)20-7-8-21-15(19)10-1-4-12(18)5-2-10/h1-6,9,18H,7-8H2. The van der Waals surface area contributed by atoms with Crippen LogP contribution < -0.4 is 4.74 Å². The van der Waals surface area contributed by atoms with Gasteiger partial charge >= 0.3 is 5.97 Å². The van der Waals surface area contributed by atoms with Crippen LogP contribution in [0.25, 0.3) is 0 Å². The molecule has 2 aromatic carbocycles. The zero-order chi connectivity index (χ0) is 15.2. The van der Waals surface area contributed by atoms with E-state index in [1.165, 1.54) is 24.3 Å². The molecule has 0 fully saturated rings. The van der Waals surface area contributed by atoms with Gasteiger partial charge in [-0.3, -0.25) is 0 Å². The highest BCUT2D eigenvalue weighted by Crippen LogP contribution is 2.27. The number of esters is 1. The van der Waals surface area contributed by atoms with Crippen LogP contribution in [0.4, 0.5) is 0 Å². The number of ether oxygens (including phenoxy) is 2. The van der Waals surface area contributed by atoms with Gasteiger partial charge in [-0.1, -0.05) is 23.2 Å². The Hall–Kier alpha value is -1.91. The molecule has 2 rings (SSSR count). The van der Waals surface area contributed by atoms with Crippen molar-refractivity contribution in [3.8, 4) is 11.5 Å². The summed E-state index contributed by atoms with van der Waals surface area (Å²) in [6.45, 7) is 0.229. The van der Waals surface area contributed by atoms with E-state index in [1.54, 1.807) is 18.2 Å². The minimum absolute atomic E-state index is 0.0720. The molecule has 2 aromatic rings. The summed E-state index contributed by atoms with van der Waals surface area (Å²) in [6, 6.07) is 10.7. The van der Waals surface area contributed by atoms with Crippen LogP contribution in [0.5, 0.6) is 11.5 Å². The Balaban J connectivity index is 1.80. The fraction of sp³-hybridized carbons (Fsp3) is 0.133. The summed E-state index contributed by atoms with van der Waals surface area (Å²) < 4.78 is 10.4. The smallest absolute Gasteiger partial charge is 0.338 e. The first-order valence-electron chi connectivity index (χ1n) is 6.10. The average molecular weight is 327 g/mol. The number of benzene rings is 2. The lowest BCUT2D eigenvalue weighted by atomic mass is 10.2. The molecule has 0 aromatic heterocycles. The molecule has 0 bridgehead atoms. The number of carbonyl (C=O) groups excluding carboxylic acids is 1. The lowest BCUT2D eigenvalue weighted by molar-refractivity contribution is 0.0450. The number of halogens is 2. The van der Waals surface area contributed by atoms with E-state index in [-0.39, 0.29) is 19.0 Å². The molecular formula is C15H12Cl2O4. The Bertz CT molecular complexity index is 626. The lowest BCUT2D eigenvalue weighted by Crippen LogP contribution is -2.12. The molecule has 0 heterocycles. The molecule has 4 nitrogen and oxygen atoms in total. The highest BCUT2D eigenvalue weighted by molar-refractivity contribution is 6.34. The van der Waals surface area contributed by atoms with E-state index in [4.69, 9.17) is 37.8 Å². The predicted octanol–water partition coefficient (Wildman–Crippen LogP) is 3.93. The van der Waals surface area contributed by atoms with Gasteiger partial charge in [-0.05, 0) is 36.4 Å². The number of phenols is 1. The summed E-state index contributed by atoms with van der Waals surface area (Å²) in [5.41, 5.74) is 0.355. The largest absolute Gasteiger partial charge is 0.508 e. The van der Waals surface area contributed by atoms with E-state index >= 15 is 0 Å². The van der Waals surface area contributed by atoms with Crippen molar-refractivity contribution in [2.75, 3.05) is 13.2 Å². The topological polar surface area (TPSA) is 55.8 Å². The van der Waals surface area contributed by atoms with Gasteiger partial charge in [-0.15, -0.1) is 0 Å². The van der Waals surface area contributed by atoms with E-state index in [0.717, 1.165) is 0 Å². The van der Waals surface area contributed by atoms with Gasteiger partial charge < -0.3 is 14.6 Å². The van der Waals surface area contributed by atoms with E-state index in [2.05, 4.69) is 0 Å². The molecule has 6 heteroatoms. The number of hydrogen-bond donors (Lipinski definition) is 1. The summed E-state index contributed by atoms with van der Waals surface area (Å²) in [6.07, 6.45) is 0. The molecule has 0 aliphatic rings. The van der Waals surface area contributed by atoms with Crippen molar-refractivity contribution in [1.29, 1.82) is 0 Å². The zero-order valence-electron chi connectivity index (χ0n) is 10.9. The minimum Gasteiger partial charge on any atom is -0.508 e. The van der Waals surface area contributed by atoms with Gasteiger partial charge in [0.15, 0.2) is 0 Å². The molecule has 0 aliphatic carbocycles. The number of hydrogen-bond acceptors (Lipinski definition) is 4. The molecule has 0 spiro atoms. The molecule has 110 valence electrons. The third-order valence-corrected chi connectivity index (χ3v) is 3.12. The Morgan fingerprint density at radius 2 is 1.76 bits per heavy atom. The monoisotopic (exact) mass is 326 g/mol. The van der Waals surface area contributed by atoms with Gasteiger partial charge in [0.1, 0.15) is 24.7 Å². The van der Waals surface area contributed by atoms with E-state index in [1.807, 2.05) is 0 Å². The molecule has 0 atom stereocenters. The summed E-state index contributed by atoms with van der Waals surface area (Å²) in [5.74, 6) is 0.0334. The highest BCUT2D eigenvalue weighted by Gasteiger charge is 2.07. The molecule has 21 heavy (non-hydrogen) atoms. The SMILES string of the molecule is O=C(OCCOc1cc(Cl)ccc1Cl)c1ccc(O)cc1. The van der Waals surface area contributed by atoms with Crippen molar-refractivity contribution in [1.82, 2.24) is 0 Å². The van der Waals surface area contributed by atoms with Crippen LogP contribution in [0.2, 0.25) is 10.0 Å². The van der Waals surface area contributed by atoms with Gasteiger partial charge in [-0.2, -0.15) is 0 Å². The third-order valence-electron chi connectivity index (χ3n) is 2.57. The summed E-state index contributed by atoms with van der Waals surface area (Å²) in [4.78, 5) is 11.7. The number of aromatic hydroxyl groups is 1. The summed E-state index contributed by atoms with van der Waals surface area (Å²) >= 11 is 11.8.